The van der Waals surface area contributed by atoms with Crippen LogP contribution < -0.4 is 5.32 Å². The third-order valence-corrected chi connectivity index (χ3v) is 4.21. The predicted octanol–water partition coefficient (Wildman–Crippen LogP) is 2.35. The monoisotopic (exact) mass is 277 g/mol. The molecule has 0 saturated heterocycles. The summed E-state index contributed by atoms with van der Waals surface area (Å²) in [6, 6.07) is 6.40. The predicted molar refractivity (Wildman–Crippen MR) is 81.8 cm³/mol. The van der Waals surface area contributed by atoms with E-state index in [4.69, 9.17) is 0 Å². The molecular formula is C17H27NO2. The van der Waals surface area contributed by atoms with Crippen molar-refractivity contribution in [2.24, 2.45) is 0 Å². The third-order valence-electron chi connectivity index (χ3n) is 4.21. The third kappa shape index (κ3) is 3.81. The lowest BCUT2D eigenvalue weighted by Gasteiger charge is -2.25. The molecular weight excluding hydrogens is 250 g/mol. The van der Waals surface area contributed by atoms with E-state index in [0.29, 0.717) is 6.54 Å². The van der Waals surface area contributed by atoms with E-state index in [2.05, 4.69) is 30.4 Å². The lowest BCUT2D eigenvalue weighted by atomic mass is 9.88. The number of aryl methyl sites for hydroxylation is 2. The topological polar surface area (TPSA) is 52.5 Å². The van der Waals surface area contributed by atoms with Gasteiger partial charge in [-0.15, -0.1) is 0 Å². The van der Waals surface area contributed by atoms with Gasteiger partial charge in [0.05, 0.1) is 12.2 Å². The van der Waals surface area contributed by atoms with Gasteiger partial charge in [-0.3, -0.25) is 0 Å². The van der Waals surface area contributed by atoms with E-state index in [9.17, 15) is 10.2 Å². The van der Waals surface area contributed by atoms with Crippen molar-refractivity contribution in [2.45, 2.75) is 64.2 Å². The van der Waals surface area contributed by atoms with Gasteiger partial charge >= 0.3 is 0 Å². The molecule has 112 valence electrons. The Morgan fingerprint density at radius 1 is 1.15 bits per heavy atom. The Hall–Kier alpha value is -0.900. The molecule has 0 bridgehead atoms. The number of rotatable bonds is 6. The van der Waals surface area contributed by atoms with Crippen LogP contribution in [0.1, 0.15) is 55.9 Å². The number of hydrogen-bond donors (Lipinski definition) is 3. The first-order valence-electron chi connectivity index (χ1n) is 7.83. The van der Waals surface area contributed by atoms with Crippen LogP contribution in [0, 0.1) is 0 Å². The van der Waals surface area contributed by atoms with E-state index in [0.717, 1.165) is 18.4 Å². The van der Waals surface area contributed by atoms with Gasteiger partial charge in [0.1, 0.15) is 0 Å². The number of benzene rings is 1. The smallest absolute Gasteiger partial charge is 0.0942 e. The largest absolute Gasteiger partial charge is 0.392 e. The molecule has 3 nitrogen and oxygen atoms in total. The minimum atomic E-state index is -0.508. The summed E-state index contributed by atoms with van der Waals surface area (Å²) in [6.07, 6.45) is 4.78. The molecule has 0 aliphatic heterocycles. The molecule has 1 aromatic rings. The number of hydrogen-bond acceptors (Lipinski definition) is 3. The molecule has 0 heterocycles. The van der Waals surface area contributed by atoms with Crippen LogP contribution in [0.5, 0.6) is 0 Å². The Kier molecular flexibility index (Phi) is 5.58. The highest BCUT2D eigenvalue weighted by Crippen LogP contribution is 2.26. The van der Waals surface area contributed by atoms with Gasteiger partial charge in [0.2, 0.25) is 0 Å². The number of nitrogens with one attached hydrogen (secondary N) is 1. The summed E-state index contributed by atoms with van der Waals surface area (Å²) >= 11 is 0. The fraction of sp³-hybridized carbons (Fsp3) is 0.647. The lowest BCUT2D eigenvalue weighted by Crippen LogP contribution is -2.38. The molecule has 1 aliphatic carbocycles. The van der Waals surface area contributed by atoms with Crippen molar-refractivity contribution in [1.82, 2.24) is 5.32 Å². The Labute approximate surface area is 122 Å². The number of aliphatic hydroxyl groups excluding tert-OH is 2. The van der Waals surface area contributed by atoms with Crippen LogP contribution >= 0.6 is 0 Å². The molecule has 0 aromatic heterocycles. The molecule has 0 radical (unpaired) electrons. The summed E-state index contributed by atoms with van der Waals surface area (Å²) in [5, 5.41) is 23.2. The highest BCUT2D eigenvalue weighted by Gasteiger charge is 2.20. The zero-order chi connectivity index (χ0) is 14.5. The van der Waals surface area contributed by atoms with Crippen LogP contribution in [0.25, 0.3) is 0 Å². The van der Waals surface area contributed by atoms with Gasteiger partial charge in [-0.2, -0.15) is 0 Å². The molecule has 0 amide bonds. The zero-order valence-corrected chi connectivity index (χ0v) is 12.6. The van der Waals surface area contributed by atoms with Crippen LogP contribution in [0.15, 0.2) is 18.2 Å². The van der Waals surface area contributed by atoms with Crippen LogP contribution in [-0.4, -0.2) is 28.9 Å². The van der Waals surface area contributed by atoms with E-state index in [1.807, 2.05) is 0 Å². The maximum atomic E-state index is 10.6. The van der Waals surface area contributed by atoms with Crippen molar-refractivity contribution in [3.8, 4) is 0 Å². The van der Waals surface area contributed by atoms with Gasteiger partial charge < -0.3 is 15.5 Å². The summed E-state index contributed by atoms with van der Waals surface area (Å²) in [5.74, 6) is 0. The van der Waals surface area contributed by atoms with Gasteiger partial charge in [-0.05, 0) is 55.7 Å². The second-order valence-electron chi connectivity index (χ2n) is 5.95. The van der Waals surface area contributed by atoms with E-state index in [1.165, 1.54) is 30.4 Å². The molecule has 2 rings (SSSR count). The van der Waals surface area contributed by atoms with Crippen molar-refractivity contribution in [2.75, 3.05) is 6.54 Å². The van der Waals surface area contributed by atoms with Crippen LogP contribution in [0.3, 0.4) is 0 Å². The minimum absolute atomic E-state index is 0.00811. The SMILES string of the molecule is CCC(NCC(C)O)C(O)c1ccc2c(c1)CCCC2. The summed E-state index contributed by atoms with van der Waals surface area (Å²) in [7, 11) is 0. The molecule has 0 fully saturated rings. The average Bonchev–Trinajstić information content (AvgIpc) is 2.47. The highest BCUT2D eigenvalue weighted by atomic mass is 16.3. The molecule has 0 saturated carbocycles. The minimum Gasteiger partial charge on any atom is -0.392 e. The molecule has 3 heteroatoms. The second-order valence-corrected chi connectivity index (χ2v) is 5.95. The van der Waals surface area contributed by atoms with E-state index >= 15 is 0 Å². The number of fused-ring (bicyclic) bond motifs is 1. The Morgan fingerprint density at radius 3 is 2.50 bits per heavy atom. The van der Waals surface area contributed by atoms with Gasteiger partial charge in [0.15, 0.2) is 0 Å². The average molecular weight is 277 g/mol. The summed E-state index contributed by atoms with van der Waals surface area (Å²) in [4.78, 5) is 0. The Bertz CT molecular complexity index is 431. The van der Waals surface area contributed by atoms with Crippen molar-refractivity contribution in [3.05, 3.63) is 34.9 Å². The Balaban J connectivity index is 2.08. The summed E-state index contributed by atoms with van der Waals surface area (Å²) in [6.45, 7) is 4.33. The first-order chi connectivity index (χ1) is 9.61. The van der Waals surface area contributed by atoms with E-state index in [1.54, 1.807) is 6.92 Å². The van der Waals surface area contributed by atoms with Gasteiger partial charge in [-0.1, -0.05) is 25.1 Å². The van der Waals surface area contributed by atoms with Crippen molar-refractivity contribution in [3.63, 3.8) is 0 Å². The highest BCUT2D eigenvalue weighted by molar-refractivity contribution is 5.35. The van der Waals surface area contributed by atoms with Crippen LogP contribution in [0.2, 0.25) is 0 Å². The second kappa shape index (κ2) is 7.21. The molecule has 20 heavy (non-hydrogen) atoms. The van der Waals surface area contributed by atoms with Crippen LogP contribution in [-0.2, 0) is 12.8 Å². The molecule has 3 N–H and O–H groups in total. The normalized spacial score (nSPS) is 19.2. The fourth-order valence-electron chi connectivity index (χ4n) is 2.97. The molecule has 0 spiro atoms. The maximum Gasteiger partial charge on any atom is 0.0942 e. The molecule has 1 aromatic carbocycles. The maximum absolute atomic E-state index is 10.6. The first-order valence-corrected chi connectivity index (χ1v) is 7.83. The first kappa shape index (κ1) is 15.5. The van der Waals surface area contributed by atoms with Gasteiger partial charge in [-0.25, -0.2) is 0 Å². The standard InChI is InChI=1S/C17H27NO2/c1-3-16(18-11-12(2)19)17(20)15-9-8-13-6-4-5-7-14(13)10-15/h8-10,12,16-20H,3-7,11H2,1-2H3. The molecule has 1 aliphatic rings. The van der Waals surface area contributed by atoms with Crippen molar-refractivity contribution >= 4 is 0 Å². The quantitative estimate of drug-likeness (QED) is 0.748. The lowest BCUT2D eigenvalue weighted by molar-refractivity contribution is 0.112. The Morgan fingerprint density at radius 2 is 1.85 bits per heavy atom. The van der Waals surface area contributed by atoms with Crippen LogP contribution in [0.4, 0.5) is 0 Å². The van der Waals surface area contributed by atoms with Gasteiger partial charge in [0.25, 0.3) is 0 Å². The zero-order valence-electron chi connectivity index (χ0n) is 12.6. The summed E-state index contributed by atoms with van der Waals surface area (Å²) in [5.41, 5.74) is 3.84. The van der Waals surface area contributed by atoms with Crippen molar-refractivity contribution in [1.29, 1.82) is 0 Å². The number of aliphatic hydroxyl groups is 2. The molecule has 3 atom stereocenters. The van der Waals surface area contributed by atoms with E-state index in [-0.39, 0.29) is 12.1 Å². The van der Waals surface area contributed by atoms with Crippen molar-refractivity contribution < 1.29 is 10.2 Å². The fourth-order valence-corrected chi connectivity index (χ4v) is 2.97. The van der Waals surface area contributed by atoms with E-state index < -0.39 is 6.10 Å². The molecule has 3 unspecified atom stereocenters. The van der Waals surface area contributed by atoms with Gasteiger partial charge in [0, 0.05) is 12.6 Å². The summed E-state index contributed by atoms with van der Waals surface area (Å²) < 4.78 is 0.